The Balaban J connectivity index is 3.16. The summed E-state index contributed by atoms with van der Waals surface area (Å²) >= 11 is 0. The minimum Gasteiger partial charge on any atom is -0.120 e. The van der Waals surface area contributed by atoms with E-state index in [1.807, 2.05) is 0 Å². The van der Waals surface area contributed by atoms with E-state index in [1.54, 1.807) is 0 Å². The third kappa shape index (κ3) is 9.85. The topological polar surface area (TPSA) is 0 Å². The number of hydrogen-bond donors (Lipinski definition) is 0. The van der Waals surface area contributed by atoms with E-state index >= 15 is 0 Å². The third-order valence-electron chi connectivity index (χ3n) is 3.05. The normalized spacial score (nSPS) is 11.3. The van der Waals surface area contributed by atoms with Crippen molar-refractivity contribution in [3.63, 3.8) is 0 Å². The number of hydrogen-bond acceptors (Lipinski definition) is 0. The molecular weight excluding hydrogens is 180 g/mol. The van der Waals surface area contributed by atoms with E-state index in [4.69, 9.17) is 6.42 Å². The zero-order valence-electron chi connectivity index (χ0n) is 10.9. The van der Waals surface area contributed by atoms with Gasteiger partial charge in [0.15, 0.2) is 0 Å². The van der Waals surface area contributed by atoms with Crippen LogP contribution in [0.25, 0.3) is 0 Å². The second-order valence-electron chi connectivity index (χ2n) is 5.25. The molecule has 0 bridgehead atoms. The molecule has 0 nitrogen and oxygen atoms in total. The molecule has 0 aromatic carbocycles. The lowest BCUT2D eigenvalue weighted by molar-refractivity contribution is 0.424. The second-order valence-corrected chi connectivity index (χ2v) is 5.25. The molecule has 0 heterocycles. The Morgan fingerprint density at radius 3 is 1.80 bits per heavy atom. The summed E-state index contributed by atoms with van der Waals surface area (Å²) in [5.74, 6) is 2.86. The molecule has 0 aliphatic heterocycles. The van der Waals surface area contributed by atoms with E-state index < -0.39 is 0 Å². The predicted octanol–water partition coefficient (Wildman–Crippen LogP) is 5.18. The molecule has 15 heavy (non-hydrogen) atoms. The van der Waals surface area contributed by atoms with Gasteiger partial charge >= 0.3 is 0 Å². The highest BCUT2D eigenvalue weighted by molar-refractivity contribution is 4.99. The first-order valence-corrected chi connectivity index (χ1v) is 6.60. The van der Waals surface area contributed by atoms with Gasteiger partial charge in [-0.2, -0.15) is 0 Å². The van der Waals surface area contributed by atoms with Crippen molar-refractivity contribution in [2.75, 3.05) is 0 Å². The monoisotopic (exact) mass is 208 g/mol. The van der Waals surface area contributed by atoms with Crippen molar-refractivity contribution in [2.45, 2.75) is 78.6 Å². The molecule has 0 saturated carbocycles. The Bertz CT molecular complexity index is 171. The van der Waals surface area contributed by atoms with Crippen LogP contribution in [0.15, 0.2) is 0 Å². The van der Waals surface area contributed by atoms with Crippen LogP contribution in [0.3, 0.4) is 0 Å². The summed E-state index contributed by atoms with van der Waals surface area (Å²) in [6, 6.07) is 0. The number of rotatable bonds is 9. The fourth-order valence-corrected chi connectivity index (χ4v) is 1.77. The molecule has 0 aromatic heterocycles. The van der Waals surface area contributed by atoms with Gasteiger partial charge in [0.05, 0.1) is 0 Å². The molecule has 0 rings (SSSR count). The van der Waals surface area contributed by atoms with Crippen LogP contribution < -0.4 is 0 Å². The van der Waals surface area contributed by atoms with E-state index in [9.17, 15) is 0 Å². The quantitative estimate of drug-likeness (QED) is 0.362. The minimum atomic E-state index is 0.113. The van der Waals surface area contributed by atoms with Gasteiger partial charge in [0.1, 0.15) is 0 Å². The van der Waals surface area contributed by atoms with Crippen molar-refractivity contribution in [3.8, 4) is 12.3 Å². The van der Waals surface area contributed by atoms with Crippen molar-refractivity contribution in [2.24, 2.45) is 5.41 Å². The Labute approximate surface area is 96.8 Å². The fourth-order valence-electron chi connectivity index (χ4n) is 1.77. The smallest absolute Gasteiger partial charge is 0.0255 e. The zero-order valence-corrected chi connectivity index (χ0v) is 10.9. The molecule has 0 N–H and O–H groups in total. The maximum Gasteiger partial charge on any atom is 0.0255 e. The zero-order chi connectivity index (χ0) is 11.6. The minimum absolute atomic E-state index is 0.113. The number of unbranched alkanes of at least 4 members (excludes halogenated alkanes) is 7. The van der Waals surface area contributed by atoms with Crippen LogP contribution in [0.1, 0.15) is 78.6 Å². The van der Waals surface area contributed by atoms with Crippen LogP contribution in [-0.2, 0) is 0 Å². The van der Waals surface area contributed by atoms with Gasteiger partial charge in [-0.05, 0) is 20.3 Å². The van der Waals surface area contributed by atoms with Crippen LogP contribution >= 0.6 is 0 Å². The predicted molar refractivity (Wildman–Crippen MR) is 69.8 cm³/mol. The number of terminal acetylenes is 1. The molecule has 88 valence electrons. The van der Waals surface area contributed by atoms with Crippen LogP contribution in [0.2, 0.25) is 0 Å². The summed E-state index contributed by atoms with van der Waals surface area (Å²) in [6.45, 7) is 6.59. The summed E-state index contributed by atoms with van der Waals surface area (Å²) in [5, 5.41) is 0. The van der Waals surface area contributed by atoms with Gasteiger partial charge in [-0.15, -0.1) is 12.3 Å². The molecular formula is C15H28. The highest BCUT2D eigenvalue weighted by atomic mass is 14.2. The Kier molecular flexibility index (Phi) is 8.58. The third-order valence-corrected chi connectivity index (χ3v) is 3.05. The van der Waals surface area contributed by atoms with Crippen LogP contribution in [0.4, 0.5) is 0 Å². The van der Waals surface area contributed by atoms with Crippen molar-refractivity contribution in [3.05, 3.63) is 0 Å². The first-order chi connectivity index (χ1) is 7.12. The van der Waals surface area contributed by atoms with Crippen molar-refractivity contribution >= 4 is 0 Å². The Morgan fingerprint density at radius 1 is 0.867 bits per heavy atom. The molecule has 0 unspecified atom stereocenters. The first kappa shape index (κ1) is 14.6. The average Bonchev–Trinajstić information content (AvgIpc) is 2.22. The standard InChI is InChI=1S/C15H28/c1-5-7-8-9-10-11-12-13-14-15(3,4)6-2/h2H,5,7-14H2,1,3-4H3. The summed E-state index contributed by atoms with van der Waals surface area (Å²) in [6.07, 6.45) is 17.7. The lowest BCUT2D eigenvalue weighted by Gasteiger charge is -2.16. The molecule has 0 radical (unpaired) electrons. The summed E-state index contributed by atoms with van der Waals surface area (Å²) in [4.78, 5) is 0. The van der Waals surface area contributed by atoms with Gasteiger partial charge in [-0.25, -0.2) is 0 Å². The molecule has 0 heteroatoms. The average molecular weight is 208 g/mol. The second kappa shape index (κ2) is 8.84. The lowest BCUT2D eigenvalue weighted by atomic mass is 9.88. The van der Waals surface area contributed by atoms with Gasteiger partial charge in [-0.1, -0.05) is 58.3 Å². The van der Waals surface area contributed by atoms with Gasteiger partial charge in [0.2, 0.25) is 0 Å². The maximum atomic E-state index is 5.45. The molecule has 0 fully saturated rings. The van der Waals surface area contributed by atoms with E-state index in [0.717, 1.165) is 0 Å². The highest BCUT2D eigenvalue weighted by Crippen LogP contribution is 2.22. The van der Waals surface area contributed by atoms with Gasteiger partial charge < -0.3 is 0 Å². The summed E-state index contributed by atoms with van der Waals surface area (Å²) < 4.78 is 0. The first-order valence-electron chi connectivity index (χ1n) is 6.60. The lowest BCUT2D eigenvalue weighted by Crippen LogP contribution is -2.06. The Morgan fingerprint density at radius 2 is 1.33 bits per heavy atom. The molecule has 0 aliphatic carbocycles. The van der Waals surface area contributed by atoms with Gasteiger partial charge in [-0.3, -0.25) is 0 Å². The molecule has 0 aliphatic rings. The van der Waals surface area contributed by atoms with Gasteiger partial charge in [0, 0.05) is 5.41 Å². The molecule has 0 saturated heterocycles. The van der Waals surface area contributed by atoms with Crippen LogP contribution in [-0.4, -0.2) is 0 Å². The molecule has 0 spiro atoms. The Hall–Kier alpha value is -0.440. The van der Waals surface area contributed by atoms with Crippen molar-refractivity contribution in [1.29, 1.82) is 0 Å². The summed E-state index contributed by atoms with van der Waals surface area (Å²) in [5.41, 5.74) is 0.113. The van der Waals surface area contributed by atoms with Crippen molar-refractivity contribution in [1.82, 2.24) is 0 Å². The maximum absolute atomic E-state index is 5.45. The molecule has 0 amide bonds. The fraction of sp³-hybridized carbons (Fsp3) is 0.867. The van der Waals surface area contributed by atoms with E-state index in [1.165, 1.54) is 57.8 Å². The van der Waals surface area contributed by atoms with Crippen LogP contribution in [0.5, 0.6) is 0 Å². The molecule has 0 atom stereocenters. The largest absolute Gasteiger partial charge is 0.120 e. The van der Waals surface area contributed by atoms with E-state index in [2.05, 4.69) is 26.7 Å². The van der Waals surface area contributed by atoms with E-state index in [-0.39, 0.29) is 5.41 Å². The van der Waals surface area contributed by atoms with E-state index in [0.29, 0.717) is 0 Å². The van der Waals surface area contributed by atoms with Crippen molar-refractivity contribution < 1.29 is 0 Å². The van der Waals surface area contributed by atoms with Gasteiger partial charge in [0.25, 0.3) is 0 Å². The molecule has 0 aromatic rings. The highest BCUT2D eigenvalue weighted by Gasteiger charge is 2.12. The SMILES string of the molecule is C#CC(C)(C)CCCCCCCCCC. The summed E-state index contributed by atoms with van der Waals surface area (Å²) in [7, 11) is 0. The van der Waals surface area contributed by atoms with Crippen LogP contribution in [0, 0.1) is 17.8 Å².